The fourth-order valence-electron chi connectivity index (χ4n) is 1.79. The number of ether oxygens (including phenoxy) is 1. The SMILES string of the molecule is CCNC(C)C(O)c1cc(C)ccc1OC. The predicted octanol–water partition coefficient (Wildman–Crippen LogP) is 2.04. The summed E-state index contributed by atoms with van der Waals surface area (Å²) in [5.41, 5.74) is 1.97. The van der Waals surface area contributed by atoms with Gasteiger partial charge in [0.15, 0.2) is 0 Å². The third-order valence-electron chi connectivity index (χ3n) is 2.70. The maximum atomic E-state index is 10.2. The monoisotopic (exact) mass is 223 g/mol. The predicted molar refractivity (Wildman–Crippen MR) is 65.8 cm³/mol. The Kier molecular flexibility index (Phi) is 4.77. The number of hydrogen-bond donors (Lipinski definition) is 2. The van der Waals surface area contributed by atoms with Crippen LogP contribution in [0.1, 0.15) is 31.1 Å². The highest BCUT2D eigenvalue weighted by atomic mass is 16.5. The molecule has 2 atom stereocenters. The van der Waals surface area contributed by atoms with Gasteiger partial charge in [0.1, 0.15) is 5.75 Å². The number of nitrogens with one attached hydrogen (secondary N) is 1. The lowest BCUT2D eigenvalue weighted by Gasteiger charge is -2.22. The lowest BCUT2D eigenvalue weighted by atomic mass is 10.0. The van der Waals surface area contributed by atoms with E-state index in [0.29, 0.717) is 0 Å². The van der Waals surface area contributed by atoms with Crippen LogP contribution in [0.3, 0.4) is 0 Å². The van der Waals surface area contributed by atoms with Crippen LogP contribution in [-0.4, -0.2) is 24.8 Å². The van der Waals surface area contributed by atoms with E-state index in [-0.39, 0.29) is 6.04 Å². The first-order valence-electron chi connectivity index (χ1n) is 5.66. The molecular formula is C13H21NO2. The van der Waals surface area contributed by atoms with Gasteiger partial charge < -0.3 is 15.2 Å². The molecule has 1 rings (SSSR count). The molecule has 0 bridgehead atoms. The van der Waals surface area contributed by atoms with Gasteiger partial charge in [-0.15, -0.1) is 0 Å². The molecule has 0 amide bonds. The van der Waals surface area contributed by atoms with Crippen LogP contribution >= 0.6 is 0 Å². The van der Waals surface area contributed by atoms with Crippen molar-refractivity contribution >= 4 is 0 Å². The second-order valence-corrected chi connectivity index (χ2v) is 4.04. The van der Waals surface area contributed by atoms with E-state index in [1.54, 1.807) is 7.11 Å². The number of aliphatic hydroxyl groups is 1. The van der Waals surface area contributed by atoms with E-state index >= 15 is 0 Å². The molecule has 1 aromatic carbocycles. The molecule has 0 aromatic heterocycles. The number of hydrogen-bond acceptors (Lipinski definition) is 3. The summed E-state index contributed by atoms with van der Waals surface area (Å²) in [5.74, 6) is 0.739. The molecule has 2 N–H and O–H groups in total. The average molecular weight is 223 g/mol. The molecule has 0 aliphatic rings. The molecule has 90 valence electrons. The Balaban J connectivity index is 2.96. The summed E-state index contributed by atoms with van der Waals surface area (Å²) in [6.07, 6.45) is -0.546. The van der Waals surface area contributed by atoms with Crippen molar-refractivity contribution in [1.29, 1.82) is 0 Å². The third kappa shape index (κ3) is 2.97. The molecule has 0 fully saturated rings. The molecule has 0 spiro atoms. The molecule has 0 aliphatic heterocycles. The second-order valence-electron chi connectivity index (χ2n) is 4.04. The van der Waals surface area contributed by atoms with Gasteiger partial charge in [0, 0.05) is 11.6 Å². The van der Waals surface area contributed by atoms with Gasteiger partial charge in [-0.05, 0) is 32.5 Å². The van der Waals surface area contributed by atoms with Crippen molar-refractivity contribution in [2.45, 2.75) is 32.9 Å². The Morgan fingerprint density at radius 2 is 2.12 bits per heavy atom. The number of likely N-dealkylation sites (N-methyl/N-ethyl adjacent to an activating group) is 1. The van der Waals surface area contributed by atoms with Crippen molar-refractivity contribution in [2.24, 2.45) is 0 Å². The van der Waals surface area contributed by atoms with Crippen LogP contribution in [0.15, 0.2) is 18.2 Å². The molecule has 3 heteroatoms. The lowest BCUT2D eigenvalue weighted by molar-refractivity contribution is 0.133. The van der Waals surface area contributed by atoms with Crippen molar-refractivity contribution in [3.05, 3.63) is 29.3 Å². The maximum Gasteiger partial charge on any atom is 0.124 e. The summed E-state index contributed by atoms with van der Waals surface area (Å²) < 4.78 is 5.26. The van der Waals surface area contributed by atoms with Crippen LogP contribution < -0.4 is 10.1 Å². The van der Waals surface area contributed by atoms with Crippen LogP contribution in [0.5, 0.6) is 5.75 Å². The normalized spacial score (nSPS) is 14.6. The fourth-order valence-corrected chi connectivity index (χ4v) is 1.79. The van der Waals surface area contributed by atoms with E-state index in [0.717, 1.165) is 23.4 Å². The second kappa shape index (κ2) is 5.87. The Hall–Kier alpha value is -1.06. The van der Waals surface area contributed by atoms with Crippen LogP contribution in [0.4, 0.5) is 0 Å². The summed E-state index contributed by atoms with van der Waals surface area (Å²) in [6.45, 7) is 6.84. The fraction of sp³-hybridized carbons (Fsp3) is 0.538. The van der Waals surface area contributed by atoms with Crippen LogP contribution in [0, 0.1) is 6.92 Å². The van der Waals surface area contributed by atoms with Gasteiger partial charge in [-0.1, -0.05) is 18.6 Å². The summed E-state index contributed by atoms with van der Waals surface area (Å²) in [5, 5.41) is 13.4. The summed E-state index contributed by atoms with van der Waals surface area (Å²) >= 11 is 0. The Bertz CT molecular complexity index is 339. The lowest BCUT2D eigenvalue weighted by Crippen LogP contribution is -2.32. The van der Waals surface area contributed by atoms with E-state index in [1.165, 1.54) is 0 Å². The molecule has 1 aromatic rings. The highest BCUT2D eigenvalue weighted by molar-refractivity contribution is 5.39. The third-order valence-corrected chi connectivity index (χ3v) is 2.70. The van der Waals surface area contributed by atoms with Crippen molar-refractivity contribution in [3.8, 4) is 5.75 Å². The zero-order valence-corrected chi connectivity index (χ0v) is 10.4. The number of rotatable bonds is 5. The minimum Gasteiger partial charge on any atom is -0.496 e. The Morgan fingerprint density at radius 3 is 2.69 bits per heavy atom. The summed E-state index contributed by atoms with van der Waals surface area (Å²) in [4.78, 5) is 0. The van der Waals surface area contributed by atoms with E-state index in [9.17, 15) is 5.11 Å². The van der Waals surface area contributed by atoms with E-state index in [1.807, 2.05) is 39.0 Å². The van der Waals surface area contributed by atoms with E-state index in [4.69, 9.17) is 4.74 Å². The van der Waals surface area contributed by atoms with Crippen molar-refractivity contribution < 1.29 is 9.84 Å². The van der Waals surface area contributed by atoms with Crippen LogP contribution in [0.2, 0.25) is 0 Å². The molecule has 2 unspecified atom stereocenters. The number of aryl methyl sites for hydroxylation is 1. The largest absolute Gasteiger partial charge is 0.496 e. The smallest absolute Gasteiger partial charge is 0.124 e. The Labute approximate surface area is 97.4 Å². The van der Waals surface area contributed by atoms with E-state index in [2.05, 4.69) is 5.32 Å². The summed E-state index contributed by atoms with van der Waals surface area (Å²) in [6, 6.07) is 5.86. The number of aliphatic hydroxyl groups excluding tert-OH is 1. The van der Waals surface area contributed by atoms with Gasteiger partial charge in [0.2, 0.25) is 0 Å². The van der Waals surface area contributed by atoms with Gasteiger partial charge in [-0.2, -0.15) is 0 Å². The van der Waals surface area contributed by atoms with Gasteiger partial charge in [0.25, 0.3) is 0 Å². The van der Waals surface area contributed by atoms with Gasteiger partial charge in [0.05, 0.1) is 13.2 Å². The molecule has 0 aliphatic carbocycles. The van der Waals surface area contributed by atoms with Crippen LogP contribution in [0.25, 0.3) is 0 Å². The molecule has 0 saturated carbocycles. The molecule has 0 radical (unpaired) electrons. The zero-order valence-electron chi connectivity index (χ0n) is 10.4. The van der Waals surface area contributed by atoms with E-state index < -0.39 is 6.10 Å². The first-order chi connectivity index (χ1) is 7.60. The van der Waals surface area contributed by atoms with Gasteiger partial charge in [-0.3, -0.25) is 0 Å². The molecular weight excluding hydrogens is 202 g/mol. The molecule has 0 heterocycles. The van der Waals surface area contributed by atoms with Crippen molar-refractivity contribution in [1.82, 2.24) is 5.32 Å². The van der Waals surface area contributed by atoms with Crippen molar-refractivity contribution in [3.63, 3.8) is 0 Å². The number of methoxy groups -OCH3 is 1. The first-order valence-corrected chi connectivity index (χ1v) is 5.66. The highest BCUT2D eigenvalue weighted by Gasteiger charge is 2.19. The van der Waals surface area contributed by atoms with Crippen molar-refractivity contribution in [2.75, 3.05) is 13.7 Å². The van der Waals surface area contributed by atoms with Crippen LogP contribution in [-0.2, 0) is 0 Å². The topological polar surface area (TPSA) is 41.5 Å². The first kappa shape index (κ1) is 13.0. The number of benzene rings is 1. The minimum atomic E-state index is -0.546. The van der Waals surface area contributed by atoms with Gasteiger partial charge >= 0.3 is 0 Å². The summed E-state index contributed by atoms with van der Waals surface area (Å²) in [7, 11) is 1.62. The minimum absolute atomic E-state index is 0.0145. The Morgan fingerprint density at radius 1 is 1.44 bits per heavy atom. The molecule has 0 saturated heterocycles. The quantitative estimate of drug-likeness (QED) is 0.802. The maximum absolute atomic E-state index is 10.2. The highest BCUT2D eigenvalue weighted by Crippen LogP contribution is 2.28. The standard InChI is InChI=1S/C13H21NO2/c1-5-14-10(3)13(15)11-8-9(2)6-7-12(11)16-4/h6-8,10,13-15H,5H2,1-4H3. The molecule has 3 nitrogen and oxygen atoms in total. The zero-order chi connectivity index (χ0) is 12.1. The average Bonchev–Trinajstić information content (AvgIpc) is 2.28. The van der Waals surface area contributed by atoms with Gasteiger partial charge in [-0.25, -0.2) is 0 Å². The molecule has 16 heavy (non-hydrogen) atoms.